The van der Waals surface area contributed by atoms with Gasteiger partial charge in [0.1, 0.15) is 6.10 Å². The minimum absolute atomic E-state index is 0.662. The van der Waals surface area contributed by atoms with Crippen LogP contribution in [0.15, 0.2) is 39.8 Å². The summed E-state index contributed by atoms with van der Waals surface area (Å²) in [5.74, 6) is 0. The molecule has 1 N–H and O–H groups in total. The molecule has 1 atom stereocenters. The van der Waals surface area contributed by atoms with Gasteiger partial charge >= 0.3 is 0 Å². The Morgan fingerprint density at radius 2 is 2.17 bits per heavy atom. The Balaban J connectivity index is 2.47. The van der Waals surface area contributed by atoms with Crippen molar-refractivity contribution in [2.75, 3.05) is 6.26 Å². The van der Waals surface area contributed by atoms with Gasteiger partial charge in [0.15, 0.2) is 0 Å². The molecule has 0 aliphatic carbocycles. The molecular formula is C13H15BrN2OS. The van der Waals surface area contributed by atoms with Crippen LogP contribution in [0.1, 0.15) is 24.3 Å². The second kappa shape index (κ2) is 5.91. The summed E-state index contributed by atoms with van der Waals surface area (Å²) in [6.45, 7) is 2.75. The zero-order valence-corrected chi connectivity index (χ0v) is 12.7. The molecular weight excluding hydrogens is 312 g/mol. The number of aliphatic hydroxyl groups excluding tert-OH is 1. The summed E-state index contributed by atoms with van der Waals surface area (Å²) in [6.07, 6.45) is 3.08. The number of aliphatic hydroxyl groups is 1. The topological polar surface area (TPSA) is 38.0 Å². The molecule has 2 aromatic rings. The minimum Gasteiger partial charge on any atom is -0.382 e. The van der Waals surface area contributed by atoms with E-state index in [0.717, 1.165) is 27.2 Å². The van der Waals surface area contributed by atoms with E-state index in [1.807, 2.05) is 42.1 Å². The van der Waals surface area contributed by atoms with E-state index in [-0.39, 0.29) is 0 Å². The molecule has 0 saturated carbocycles. The molecule has 0 aliphatic rings. The van der Waals surface area contributed by atoms with Crippen LogP contribution in [0, 0.1) is 0 Å². The molecule has 3 nitrogen and oxygen atoms in total. The number of halogens is 1. The van der Waals surface area contributed by atoms with Crippen LogP contribution >= 0.6 is 27.7 Å². The van der Waals surface area contributed by atoms with Crippen LogP contribution < -0.4 is 0 Å². The van der Waals surface area contributed by atoms with Crippen LogP contribution in [-0.4, -0.2) is 21.1 Å². The third-order valence-corrected chi connectivity index (χ3v) is 4.25. The fourth-order valence-electron chi connectivity index (χ4n) is 1.94. The normalized spacial score (nSPS) is 12.7. The highest BCUT2D eigenvalue weighted by Gasteiger charge is 2.21. The van der Waals surface area contributed by atoms with Gasteiger partial charge in [0.05, 0.1) is 16.4 Å². The summed E-state index contributed by atoms with van der Waals surface area (Å²) in [7, 11) is 0. The minimum atomic E-state index is -0.662. The van der Waals surface area contributed by atoms with E-state index in [0.29, 0.717) is 0 Å². The zero-order chi connectivity index (χ0) is 13.1. The van der Waals surface area contributed by atoms with Gasteiger partial charge in [0.2, 0.25) is 0 Å². The summed E-state index contributed by atoms with van der Waals surface area (Å²) >= 11 is 5.09. The van der Waals surface area contributed by atoms with Gasteiger partial charge in [0.25, 0.3) is 0 Å². The smallest absolute Gasteiger partial charge is 0.123 e. The van der Waals surface area contributed by atoms with Crippen molar-refractivity contribution >= 4 is 27.7 Å². The molecule has 0 radical (unpaired) electrons. The quantitative estimate of drug-likeness (QED) is 0.874. The van der Waals surface area contributed by atoms with Crippen LogP contribution in [0.4, 0.5) is 0 Å². The molecule has 0 fully saturated rings. The summed E-state index contributed by atoms with van der Waals surface area (Å²) in [4.78, 5) is 1.08. The van der Waals surface area contributed by atoms with Crippen LogP contribution in [0.2, 0.25) is 0 Å². The molecule has 0 saturated heterocycles. The lowest BCUT2D eigenvalue weighted by atomic mass is 10.1. The molecule has 0 aliphatic heterocycles. The highest BCUT2D eigenvalue weighted by molar-refractivity contribution is 9.10. The second-order valence-corrected chi connectivity index (χ2v) is 5.54. The van der Waals surface area contributed by atoms with Crippen LogP contribution in [0.3, 0.4) is 0 Å². The van der Waals surface area contributed by atoms with Crippen molar-refractivity contribution in [3.05, 3.63) is 46.2 Å². The number of thioether (sulfide) groups is 1. The van der Waals surface area contributed by atoms with Crippen molar-refractivity contribution in [1.82, 2.24) is 9.78 Å². The average molecular weight is 327 g/mol. The van der Waals surface area contributed by atoms with E-state index in [1.165, 1.54) is 0 Å². The van der Waals surface area contributed by atoms with E-state index >= 15 is 0 Å². The molecule has 0 spiro atoms. The summed E-state index contributed by atoms with van der Waals surface area (Å²) in [5.41, 5.74) is 1.72. The lowest BCUT2D eigenvalue weighted by Crippen LogP contribution is -2.10. The van der Waals surface area contributed by atoms with Gasteiger partial charge in [-0.25, -0.2) is 0 Å². The Hall–Kier alpha value is -0.780. The molecule has 1 unspecified atom stereocenters. The van der Waals surface area contributed by atoms with Gasteiger partial charge in [-0.2, -0.15) is 5.10 Å². The van der Waals surface area contributed by atoms with Gasteiger partial charge in [-0.3, -0.25) is 4.68 Å². The molecule has 96 valence electrons. The highest BCUT2D eigenvalue weighted by Crippen LogP contribution is 2.33. The Bertz CT molecular complexity index is 542. The van der Waals surface area contributed by atoms with Crippen LogP contribution in [0.25, 0.3) is 0 Å². The second-order valence-electron chi connectivity index (χ2n) is 3.84. The largest absolute Gasteiger partial charge is 0.382 e. The van der Waals surface area contributed by atoms with Crippen LogP contribution in [-0.2, 0) is 6.54 Å². The standard InChI is InChI=1S/C13H15BrN2OS/c1-3-16-12(10(14)8-15-16)13(17)9-6-4-5-7-11(9)18-2/h4-8,13,17H,3H2,1-2H3. The fraction of sp³-hybridized carbons (Fsp3) is 0.308. The number of benzene rings is 1. The van der Waals surface area contributed by atoms with Crippen molar-refractivity contribution < 1.29 is 5.11 Å². The summed E-state index contributed by atoms with van der Waals surface area (Å²) in [5, 5.41) is 14.8. The van der Waals surface area contributed by atoms with Crippen molar-refractivity contribution in [2.24, 2.45) is 0 Å². The van der Waals surface area contributed by atoms with Gasteiger partial charge in [0, 0.05) is 17.0 Å². The fourth-order valence-corrected chi connectivity index (χ4v) is 3.08. The number of rotatable bonds is 4. The Labute approximate surface area is 119 Å². The predicted octanol–water partition coefficient (Wildman–Crippen LogP) is 3.47. The Kier molecular flexibility index (Phi) is 4.48. The maximum absolute atomic E-state index is 10.6. The predicted molar refractivity (Wildman–Crippen MR) is 77.9 cm³/mol. The molecule has 0 amide bonds. The number of hydrogen-bond donors (Lipinski definition) is 1. The van der Waals surface area contributed by atoms with E-state index in [4.69, 9.17) is 0 Å². The van der Waals surface area contributed by atoms with E-state index in [1.54, 1.807) is 18.0 Å². The number of aryl methyl sites for hydroxylation is 1. The van der Waals surface area contributed by atoms with E-state index in [9.17, 15) is 5.11 Å². The third-order valence-electron chi connectivity index (χ3n) is 2.83. The van der Waals surface area contributed by atoms with Crippen molar-refractivity contribution in [3.8, 4) is 0 Å². The lowest BCUT2D eigenvalue weighted by molar-refractivity contribution is 0.204. The van der Waals surface area contributed by atoms with Crippen LogP contribution in [0.5, 0.6) is 0 Å². The van der Waals surface area contributed by atoms with Crippen molar-refractivity contribution in [3.63, 3.8) is 0 Å². The SMILES string of the molecule is CCn1ncc(Br)c1C(O)c1ccccc1SC. The first-order chi connectivity index (χ1) is 8.69. The molecule has 2 rings (SSSR count). The van der Waals surface area contributed by atoms with E-state index < -0.39 is 6.10 Å². The molecule has 1 aromatic heterocycles. The first-order valence-electron chi connectivity index (χ1n) is 5.71. The maximum Gasteiger partial charge on any atom is 0.123 e. The lowest BCUT2D eigenvalue weighted by Gasteiger charge is -2.16. The molecule has 1 aromatic carbocycles. The Morgan fingerprint density at radius 3 is 2.83 bits per heavy atom. The first kappa shape index (κ1) is 13.6. The van der Waals surface area contributed by atoms with Crippen molar-refractivity contribution in [1.29, 1.82) is 0 Å². The Morgan fingerprint density at radius 1 is 1.44 bits per heavy atom. The molecule has 5 heteroatoms. The molecule has 1 heterocycles. The van der Waals surface area contributed by atoms with Gasteiger partial charge in [-0.1, -0.05) is 18.2 Å². The molecule has 18 heavy (non-hydrogen) atoms. The number of hydrogen-bond acceptors (Lipinski definition) is 3. The van der Waals surface area contributed by atoms with Gasteiger partial charge in [-0.05, 0) is 35.2 Å². The summed E-state index contributed by atoms with van der Waals surface area (Å²) < 4.78 is 2.65. The maximum atomic E-state index is 10.6. The third kappa shape index (κ3) is 2.48. The monoisotopic (exact) mass is 326 g/mol. The van der Waals surface area contributed by atoms with Gasteiger partial charge in [-0.15, -0.1) is 11.8 Å². The zero-order valence-electron chi connectivity index (χ0n) is 10.3. The van der Waals surface area contributed by atoms with E-state index in [2.05, 4.69) is 21.0 Å². The number of aromatic nitrogens is 2. The average Bonchev–Trinajstić information content (AvgIpc) is 2.79. The number of nitrogens with zero attached hydrogens (tertiary/aromatic N) is 2. The summed E-state index contributed by atoms with van der Waals surface area (Å²) in [6, 6.07) is 7.90. The highest BCUT2D eigenvalue weighted by atomic mass is 79.9. The first-order valence-corrected chi connectivity index (χ1v) is 7.73. The van der Waals surface area contributed by atoms with Gasteiger partial charge < -0.3 is 5.11 Å². The van der Waals surface area contributed by atoms with Crippen molar-refractivity contribution in [2.45, 2.75) is 24.5 Å². The molecule has 0 bridgehead atoms.